The topological polar surface area (TPSA) is 64.1 Å². The summed E-state index contributed by atoms with van der Waals surface area (Å²) >= 11 is 1.80. The molecular formula is C16H28IN3O3S. The third-order valence-electron chi connectivity index (χ3n) is 3.29. The molecule has 0 aliphatic rings. The summed E-state index contributed by atoms with van der Waals surface area (Å²) in [5, 5.41) is 6.56. The number of aliphatic imine (C=N–C) groups is 1. The molecule has 1 aromatic carbocycles. The van der Waals surface area contributed by atoms with E-state index in [0.717, 1.165) is 36.8 Å². The van der Waals surface area contributed by atoms with Crippen LogP contribution in [-0.4, -0.2) is 59.4 Å². The number of hydrogen-bond donors (Lipinski definition) is 2. The zero-order valence-corrected chi connectivity index (χ0v) is 18.1. The summed E-state index contributed by atoms with van der Waals surface area (Å²) in [5.41, 5.74) is 1.05. The molecule has 0 fully saturated rings. The van der Waals surface area contributed by atoms with Crippen LogP contribution in [0.4, 0.5) is 0 Å². The van der Waals surface area contributed by atoms with Crippen LogP contribution in [0.3, 0.4) is 0 Å². The summed E-state index contributed by atoms with van der Waals surface area (Å²) in [6.07, 6.45) is 2.87. The number of benzene rings is 1. The number of guanidine groups is 1. The summed E-state index contributed by atoms with van der Waals surface area (Å²) in [6, 6.07) is 3.88. The highest BCUT2D eigenvalue weighted by Gasteiger charge is 2.15. The largest absolute Gasteiger partial charge is 0.493 e. The number of thioether (sulfide) groups is 1. The van der Waals surface area contributed by atoms with E-state index in [0.29, 0.717) is 17.2 Å². The van der Waals surface area contributed by atoms with Crippen molar-refractivity contribution in [3.8, 4) is 17.2 Å². The van der Waals surface area contributed by atoms with Gasteiger partial charge in [-0.25, -0.2) is 0 Å². The number of halogens is 1. The van der Waals surface area contributed by atoms with Gasteiger partial charge in [0.1, 0.15) is 0 Å². The van der Waals surface area contributed by atoms with Crippen LogP contribution in [0.25, 0.3) is 0 Å². The fraction of sp³-hybridized carbons (Fsp3) is 0.562. The van der Waals surface area contributed by atoms with E-state index >= 15 is 0 Å². The van der Waals surface area contributed by atoms with E-state index in [1.54, 1.807) is 40.1 Å². The normalized spacial score (nSPS) is 10.6. The van der Waals surface area contributed by atoms with Gasteiger partial charge in [0.05, 0.1) is 21.3 Å². The number of methoxy groups -OCH3 is 3. The van der Waals surface area contributed by atoms with E-state index in [1.165, 1.54) is 0 Å². The molecule has 1 aromatic rings. The van der Waals surface area contributed by atoms with E-state index in [-0.39, 0.29) is 24.0 Å². The van der Waals surface area contributed by atoms with E-state index in [1.807, 2.05) is 12.1 Å². The molecule has 0 aromatic heterocycles. The first kappa shape index (κ1) is 23.0. The predicted octanol–water partition coefficient (Wildman–Crippen LogP) is 2.40. The molecule has 0 unspecified atom stereocenters. The zero-order chi connectivity index (χ0) is 17.1. The Morgan fingerprint density at radius 1 is 1.04 bits per heavy atom. The average molecular weight is 469 g/mol. The second-order valence-corrected chi connectivity index (χ2v) is 5.65. The van der Waals surface area contributed by atoms with E-state index in [2.05, 4.69) is 21.9 Å². The molecule has 8 heteroatoms. The molecule has 0 aliphatic carbocycles. The molecule has 0 heterocycles. The zero-order valence-electron chi connectivity index (χ0n) is 15.0. The summed E-state index contributed by atoms with van der Waals surface area (Å²) in [6.45, 7) is 1.63. The van der Waals surface area contributed by atoms with Crippen molar-refractivity contribution in [3.63, 3.8) is 0 Å². The Morgan fingerprint density at radius 2 is 1.71 bits per heavy atom. The molecule has 0 saturated heterocycles. The second kappa shape index (κ2) is 13.3. The minimum atomic E-state index is 0. The van der Waals surface area contributed by atoms with Gasteiger partial charge in [-0.1, -0.05) is 6.07 Å². The molecule has 1 rings (SSSR count). The Kier molecular flexibility index (Phi) is 12.7. The number of hydrogen-bond acceptors (Lipinski definition) is 5. The van der Waals surface area contributed by atoms with Crippen LogP contribution in [0.2, 0.25) is 0 Å². The van der Waals surface area contributed by atoms with Crippen molar-refractivity contribution in [2.75, 3.05) is 53.5 Å². The molecule has 138 valence electrons. The van der Waals surface area contributed by atoms with Gasteiger partial charge in [0, 0.05) is 31.5 Å². The first-order valence-corrected chi connectivity index (χ1v) is 8.82. The molecule has 0 bridgehead atoms. The van der Waals surface area contributed by atoms with Gasteiger partial charge in [0.15, 0.2) is 17.5 Å². The van der Waals surface area contributed by atoms with Gasteiger partial charge in [-0.3, -0.25) is 4.99 Å². The van der Waals surface area contributed by atoms with Gasteiger partial charge in [-0.15, -0.1) is 24.0 Å². The van der Waals surface area contributed by atoms with Crippen molar-refractivity contribution >= 4 is 41.7 Å². The first-order valence-electron chi connectivity index (χ1n) is 7.43. The van der Waals surface area contributed by atoms with Gasteiger partial charge in [-0.05, 0) is 18.7 Å². The second-order valence-electron chi connectivity index (χ2n) is 4.66. The number of ether oxygens (including phenoxy) is 3. The van der Waals surface area contributed by atoms with Crippen LogP contribution in [0.15, 0.2) is 17.1 Å². The molecule has 0 radical (unpaired) electrons. The van der Waals surface area contributed by atoms with Crippen molar-refractivity contribution in [2.24, 2.45) is 4.99 Å². The monoisotopic (exact) mass is 469 g/mol. The number of rotatable bonds is 9. The lowest BCUT2D eigenvalue weighted by Crippen LogP contribution is -2.39. The summed E-state index contributed by atoms with van der Waals surface area (Å²) in [5.74, 6) is 3.84. The Hall–Kier alpha value is -1.03. The Morgan fingerprint density at radius 3 is 2.25 bits per heavy atom. The number of nitrogens with zero attached hydrogens (tertiary/aromatic N) is 1. The molecule has 0 atom stereocenters. The Bertz CT molecular complexity index is 516. The van der Waals surface area contributed by atoms with Crippen molar-refractivity contribution in [3.05, 3.63) is 17.7 Å². The Labute approximate surface area is 166 Å². The van der Waals surface area contributed by atoms with Crippen molar-refractivity contribution in [1.82, 2.24) is 10.6 Å². The van der Waals surface area contributed by atoms with E-state index < -0.39 is 0 Å². The molecular weight excluding hydrogens is 441 g/mol. The van der Waals surface area contributed by atoms with Crippen molar-refractivity contribution < 1.29 is 14.2 Å². The highest BCUT2D eigenvalue weighted by Crippen LogP contribution is 2.39. The van der Waals surface area contributed by atoms with Crippen LogP contribution in [0.5, 0.6) is 17.2 Å². The van der Waals surface area contributed by atoms with E-state index in [9.17, 15) is 0 Å². The smallest absolute Gasteiger partial charge is 0.203 e. The van der Waals surface area contributed by atoms with Gasteiger partial charge in [-0.2, -0.15) is 11.8 Å². The molecule has 24 heavy (non-hydrogen) atoms. The fourth-order valence-electron chi connectivity index (χ4n) is 2.17. The molecule has 0 saturated carbocycles. The lowest BCUT2D eigenvalue weighted by Gasteiger charge is -2.16. The maximum absolute atomic E-state index is 5.49. The first-order chi connectivity index (χ1) is 11.2. The number of nitrogens with one attached hydrogen (secondary N) is 2. The van der Waals surface area contributed by atoms with Crippen LogP contribution in [-0.2, 0) is 6.42 Å². The molecule has 0 aliphatic heterocycles. The molecule has 0 amide bonds. The highest BCUT2D eigenvalue weighted by atomic mass is 127. The molecule has 0 spiro atoms. The van der Waals surface area contributed by atoms with Crippen molar-refractivity contribution in [1.29, 1.82) is 0 Å². The van der Waals surface area contributed by atoms with E-state index in [4.69, 9.17) is 14.2 Å². The lowest BCUT2D eigenvalue weighted by molar-refractivity contribution is 0.322. The molecule has 2 N–H and O–H groups in total. The fourth-order valence-corrected chi connectivity index (χ4v) is 2.47. The lowest BCUT2D eigenvalue weighted by atomic mass is 10.1. The SMILES string of the molecule is CN=C(NCCSC)NCCc1ccc(OC)c(OC)c1OC.I. The summed E-state index contributed by atoms with van der Waals surface area (Å²) in [4.78, 5) is 4.20. The standard InChI is InChI=1S/C16H27N3O3S.HI/c1-17-16(19-10-11-23-5)18-9-8-12-6-7-13(20-2)15(22-4)14(12)21-3;/h6-7H,8-11H2,1-5H3,(H2,17,18,19);1H. The minimum absolute atomic E-state index is 0. The maximum Gasteiger partial charge on any atom is 0.203 e. The summed E-state index contributed by atoms with van der Waals surface area (Å²) in [7, 11) is 6.63. The predicted molar refractivity (Wildman–Crippen MR) is 113 cm³/mol. The third-order valence-corrected chi connectivity index (χ3v) is 3.91. The van der Waals surface area contributed by atoms with Gasteiger partial charge < -0.3 is 24.8 Å². The maximum atomic E-state index is 5.49. The quantitative estimate of drug-likeness (QED) is 0.251. The minimum Gasteiger partial charge on any atom is -0.493 e. The Balaban J connectivity index is 0.00000529. The van der Waals surface area contributed by atoms with Gasteiger partial charge in [0.2, 0.25) is 5.75 Å². The van der Waals surface area contributed by atoms with Crippen LogP contribution >= 0.6 is 35.7 Å². The molecule has 6 nitrogen and oxygen atoms in total. The highest BCUT2D eigenvalue weighted by molar-refractivity contribution is 14.0. The van der Waals surface area contributed by atoms with Crippen LogP contribution in [0.1, 0.15) is 5.56 Å². The van der Waals surface area contributed by atoms with Gasteiger partial charge in [0.25, 0.3) is 0 Å². The van der Waals surface area contributed by atoms with Crippen LogP contribution in [0, 0.1) is 0 Å². The van der Waals surface area contributed by atoms with Crippen LogP contribution < -0.4 is 24.8 Å². The van der Waals surface area contributed by atoms with Gasteiger partial charge >= 0.3 is 0 Å². The summed E-state index contributed by atoms with van der Waals surface area (Å²) < 4.78 is 16.2. The third kappa shape index (κ3) is 6.84. The van der Waals surface area contributed by atoms with Crippen molar-refractivity contribution in [2.45, 2.75) is 6.42 Å². The average Bonchev–Trinajstić information content (AvgIpc) is 2.59.